The van der Waals surface area contributed by atoms with Gasteiger partial charge in [0, 0.05) is 25.7 Å². The van der Waals surface area contributed by atoms with Gasteiger partial charge in [-0.25, -0.2) is 9.18 Å². The summed E-state index contributed by atoms with van der Waals surface area (Å²) in [6, 6.07) is 5.19. The second-order valence-electron chi connectivity index (χ2n) is 7.35. The van der Waals surface area contributed by atoms with Crippen LogP contribution in [-0.2, 0) is 11.3 Å². The number of rotatable bonds is 3. The molecule has 1 atom stereocenters. The van der Waals surface area contributed by atoms with Crippen molar-refractivity contribution in [1.82, 2.24) is 9.80 Å². The Hall–Kier alpha value is -1.62. The molecule has 1 aromatic carbocycles. The Kier molecular flexibility index (Phi) is 5.30. The van der Waals surface area contributed by atoms with Gasteiger partial charge in [0.15, 0.2) is 0 Å². The normalized spacial score (nSPS) is 18.6. The highest BCUT2D eigenvalue weighted by Crippen LogP contribution is 2.20. The molecule has 0 saturated carbocycles. The number of likely N-dealkylation sites (tertiary alicyclic amines) is 1. The van der Waals surface area contributed by atoms with Gasteiger partial charge in [-0.3, -0.25) is 4.90 Å². The number of carbonyl (C=O) groups is 1. The van der Waals surface area contributed by atoms with Gasteiger partial charge >= 0.3 is 6.09 Å². The molecule has 23 heavy (non-hydrogen) atoms. The monoisotopic (exact) mass is 322 g/mol. The fourth-order valence-electron chi connectivity index (χ4n) is 2.83. The van der Waals surface area contributed by atoms with Crippen molar-refractivity contribution >= 4 is 6.09 Å². The fraction of sp³-hybridized carbons (Fsp3) is 0.611. The van der Waals surface area contributed by atoms with Crippen LogP contribution < -0.4 is 0 Å². The Balaban J connectivity index is 1.92. The van der Waals surface area contributed by atoms with Crippen molar-refractivity contribution in [3.05, 3.63) is 35.1 Å². The molecule has 0 radical (unpaired) electrons. The summed E-state index contributed by atoms with van der Waals surface area (Å²) in [6.07, 6.45) is 0.682. The first-order valence-corrected chi connectivity index (χ1v) is 8.09. The highest BCUT2D eigenvalue weighted by molar-refractivity contribution is 5.68. The second kappa shape index (κ2) is 6.87. The number of ether oxygens (including phenoxy) is 1. The average molecular weight is 322 g/mol. The first-order valence-electron chi connectivity index (χ1n) is 8.09. The van der Waals surface area contributed by atoms with E-state index in [9.17, 15) is 9.18 Å². The van der Waals surface area contributed by atoms with Gasteiger partial charge in [0.1, 0.15) is 11.4 Å². The van der Waals surface area contributed by atoms with Gasteiger partial charge in [-0.05, 0) is 64.4 Å². The lowest BCUT2D eigenvalue weighted by atomic mass is 10.1. The summed E-state index contributed by atoms with van der Waals surface area (Å²) < 4.78 is 18.6. The van der Waals surface area contributed by atoms with E-state index < -0.39 is 5.60 Å². The summed E-state index contributed by atoms with van der Waals surface area (Å²) >= 11 is 0. The fourth-order valence-corrected chi connectivity index (χ4v) is 2.83. The number of amides is 1. The van der Waals surface area contributed by atoms with E-state index in [1.807, 2.05) is 40.8 Å². The van der Waals surface area contributed by atoms with E-state index in [0.717, 1.165) is 24.1 Å². The molecule has 5 heteroatoms. The van der Waals surface area contributed by atoms with Gasteiger partial charge < -0.3 is 9.64 Å². The van der Waals surface area contributed by atoms with Crippen molar-refractivity contribution in [1.29, 1.82) is 0 Å². The number of nitrogens with zero attached hydrogens (tertiary/aromatic N) is 2. The van der Waals surface area contributed by atoms with Crippen LogP contribution in [0.5, 0.6) is 0 Å². The van der Waals surface area contributed by atoms with E-state index in [4.69, 9.17) is 4.74 Å². The van der Waals surface area contributed by atoms with Gasteiger partial charge in [0.05, 0.1) is 0 Å². The molecule has 1 saturated heterocycles. The first kappa shape index (κ1) is 17.7. The van der Waals surface area contributed by atoms with Crippen LogP contribution in [0.2, 0.25) is 0 Å². The standard InChI is InChI=1S/C18H27FN2O2/c1-13-10-15(19)7-6-14(13)11-20(5)16-8-9-21(12-16)17(22)23-18(2,3)4/h6-7,10,16H,8-9,11-12H2,1-5H3. The van der Waals surface area contributed by atoms with Gasteiger partial charge in [-0.15, -0.1) is 0 Å². The van der Waals surface area contributed by atoms with Gasteiger partial charge in [0.2, 0.25) is 0 Å². The third-order valence-electron chi connectivity index (χ3n) is 4.16. The molecule has 1 aromatic rings. The van der Waals surface area contributed by atoms with Crippen molar-refractivity contribution < 1.29 is 13.9 Å². The molecular formula is C18H27FN2O2. The van der Waals surface area contributed by atoms with Crippen molar-refractivity contribution in [2.45, 2.75) is 52.3 Å². The van der Waals surface area contributed by atoms with Gasteiger partial charge in [-0.1, -0.05) is 6.07 Å². The molecule has 1 amide bonds. The minimum atomic E-state index is -0.466. The molecule has 1 aliphatic rings. The van der Waals surface area contributed by atoms with Crippen LogP contribution in [0.4, 0.5) is 9.18 Å². The van der Waals surface area contributed by atoms with Crippen LogP contribution >= 0.6 is 0 Å². The number of aryl methyl sites for hydroxylation is 1. The maximum Gasteiger partial charge on any atom is 0.410 e. The Labute approximate surface area is 138 Å². The van der Waals surface area contributed by atoms with Crippen LogP contribution in [0.3, 0.4) is 0 Å². The molecule has 0 bridgehead atoms. The highest BCUT2D eigenvalue weighted by Gasteiger charge is 2.31. The van der Waals surface area contributed by atoms with E-state index >= 15 is 0 Å². The summed E-state index contributed by atoms with van der Waals surface area (Å²) in [5.74, 6) is -0.203. The topological polar surface area (TPSA) is 32.8 Å². The Bertz CT molecular complexity index is 569. The summed E-state index contributed by atoms with van der Waals surface area (Å²) in [7, 11) is 2.05. The summed E-state index contributed by atoms with van der Waals surface area (Å²) in [6.45, 7) is 9.69. The lowest BCUT2D eigenvalue weighted by Gasteiger charge is -2.27. The van der Waals surface area contributed by atoms with E-state index in [1.54, 1.807) is 11.0 Å². The molecule has 1 fully saturated rings. The molecule has 0 aliphatic carbocycles. The molecule has 1 aliphatic heterocycles. The van der Waals surface area contributed by atoms with Crippen molar-refractivity contribution in [3.8, 4) is 0 Å². The Morgan fingerprint density at radius 3 is 2.74 bits per heavy atom. The molecule has 0 N–H and O–H groups in total. The van der Waals surface area contributed by atoms with E-state index in [0.29, 0.717) is 19.1 Å². The average Bonchev–Trinajstić information content (AvgIpc) is 2.90. The lowest BCUT2D eigenvalue weighted by Crippen LogP contribution is -2.38. The zero-order chi connectivity index (χ0) is 17.2. The first-order chi connectivity index (χ1) is 10.7. The van der Waals surface area contributed by atoms with Crippen molar-refractivity contribution in [2.24, 2.45) is 0 Å². The molecule has 128 valence electrons. The number of likely N-dealkylation sites (N-methyl/N-ethyl adjacent to an activating group) is 1. The van der Waals surface area contributed by atoms with Crippen LogP contribution in [0.1, 0.15) is 38.3 Å². The second-order valence-corrected chi connectivity index (χ2v) is 7.35. The SMILES string of the molecule is Cc1cc(F)ccc1CN(C)C1CCN(C(=O)OC(C)(C)C)C1. The van der Waals surface area contributed by atoms with Crippen LogP contribution in [0.15, 0.2) is 18.2 Å². The maximum atomic E-state index is 13.2. The Morgan fingerprint density at radius 1 is 1.43 bits per heavy atom. The quantitative estimate of drug-likeness (QED) is 0.853. The van der Waals surface area contributed by atoms with E-state index in [1.165, 1.54) is 6.07 Å². The largest absolute Gasteiger partial charge is 0.444 e. The Morgan fingerprint density at radius 2 is 2.13 bits per heavy atom. The van der Waals surface area contributed by atoms with Crippen molar-refractivity contribution in [2.75, 3.05) is 20.1 Å². The third kappa shape index (κ3) is 4.93. The number of carbonyl (C=O) groups excluding carboxylic acids is 1. The molecule has 1 heterocycles. The molecule has 0 spiro atoms. The molecular weight excluding hydrogens is 295 g/mol. The minimum absolute atomic E-state index is 0.203. The molecule has 0 aromatic heterocycles. The number of hydrogen-bond acceptors (Lipinski definition) is 3. The van der Waals surface area contributed by atoms with E-state index in [-0.39, 0.29) is 11.9 Å². The summed E-state index contributed by atoms with van der Waals surface area (Å²) in [5, 5.41) is 0. The number of hydrogen-bond donors (Lipinski definition) is 0. The van der Waals surface area contributed by atoms with Crippen LogP contribution in [0.25, 0.3) is 0 Å². The molecule has 4 nitrogen and oxygen atoms in total. The highest BCUT2D eigenvalue weighted by atomic mass is 19.1. The smallest absolute Gasteiger partial charge is 0.410 e. The predicted molar refractivity (Wildman–Crippen MR) is 88.8 cm³/mol. The zero-order valence-corrected chi connectivity index (χ0v) is 14.7. The van der Waals surface area contributed by atoms with Gasteiger partial charge in [0.25, 0.3) is 0 Å². The zero-order valence-electron chi connectivity index (χ0n) is 14.7. The number of benzene rings is 1. The molecule has 1 unspecified atom stereocenters. The third-order valence-corrected chi connectivity index (χ3v) is 4.16. The summed E-state index contributed by atoms with van der Waals surface area (Å²) in [5.41, 5.74) is 1.61. The summed E-state index contributed by atoms with van der Waals surface area (Å²) in [4.78, 5) is 16.1. The lowest BCUT2D eigenvalue weighted by molar-refractivity contribution is 0.0282. The van der Waals surface area contributed by atoms with Crippen LogP contribution in [-0.4, -0.2) is 47.7 Å². The molecule has 2 rings (SSSR count). The maximum absolute atomic E-state index is 13.2. The van der Waals surface area contributed by atoms with Crippen molar-refractivity contribution in [3.63, 3.8) is 0 Å². The van der Waals surface area contributed by atoms with Crippen LogP contribution in [0, 0.1) is 12.7 Å². The van der Waals surface area contributed by atoms with Gasteiger partial charge in [-0.2, -0.15) is 0 Å². The predicted octanol–water partition coefficient (Wildman–Crippen LogP) is 3.58. The number of halogens is 1. The minimum Gasteiger partial charge on any atom is -0.444 e. The van der Waals surface area contributed by atoms with E-state index in [2.05, 4.69) is 4.90 Å².